The van der Waals surface area contributed by atoms with E-state index in [1.165, 1.54) is 32.0 Å². The number of nitriles is 1. The van der Waals surface area contributed by atoms with Crippen LogP contribution in [-0.4, -0.2) is 89.0 Å². The number of hydrogen-bond donors (Lipinski definition) is 6. The second kappa shape index (κ2) is 10.4. The number of hydrogen-bond acceptors (Lipinski definition) is 13. The molecular formula is C32H34N6O8. The Morgan fingerprint density at radius 2 is 1.74 bits per heavy atom. The number of esters is 1. The average molecular weight is 631 g/mol. The molecule has 14 heteroatoms. The van der Waals surface area contributed by atoms with Crippen molar-refractivity contribution in [3.63, 3.8) is 0 Å². The molecule has 0 saturated heterocycles. The van der Waals surface area contributed by atoms with Gasteiger partial charge >= 0.3 is 5.97 Å². The maximum Gasteiger partial charge on any atom is 0.308 e. The van der Waals surface area contributed by atoms with E-state index in [9.17, 15) is 39.8 Å². The first-order chi connectivity index (χ1) is 21.4. The summed E-state index contributed by atoms with van der Waals surface area (Å²) >= 11 is 0. The Morgan fingerprint density at radius 1 is 1.09 bits per heavy atom. The minimum Gasteiger partial charge on any atom is -0.509 e. The maximum atomic E-state index is 14.6. The molecule has 9 N–H and O–H groups in total. The van der Waals surface area contributed by atoms with Crippen LogP contribution in [0.15, 0.2) is 47.2 Å². The monoisotopic (exact) mass is 630 g/mol. The largest absolute Gasteiger partial charge is 0.509 e. The molecule has 2 aromatic carbocycles. The van der Waals surface area contributed by atoms with E-state index in [0.29, 0.717) is 16.8 Å². The van der Waals surface area contributed by atoms with E-state index in [0.717, 1.165) is 0 Å². The molecule has 0 bridgehead atoms. The van der Waals surface area contributed by atoms with E-state index in [1.54, 1.807) is 49.3 Å². The third kappa shape index (κ3) is 4.13. The quantitative estimate of drug-likeness (QED) is 0.150. The van der Waals surface area contributed by atoms with Crippen LogP contribution in [0.2, 0.25) is 0 Å². The van der Waals surface area contributed by atoms with Gasteiger partial charge in [-0.1, -0.05) is 12.1 Å². The molecule has 0 aliphatic heterocycles. The van der Waals surface area contributed by atoms with E-state index in [-0.39, 0.29) is 23.3 Å². The van der Waals surface area contributed by atoms with Gasteiger partial charge in [0.15, 0.2) is 17.0 Å². The van der Waals surface area contributed by atoms with Crippen molar-refractivity contribution in [3.05, 3.63) is 58.4 Å². The number of nitrogens with two attached hydrogens (primary N) is 3. The van der Waals surface area contributed by atoms with Crippen molar-refractivity contribution in [2.24, 2.45) is 22.6 Å². The molecule has 4 atom stereocenters. The number of Topliss-reactive ketones (excluding diaryl/α,β-unsaturated/α-hetero) is 2. The Hall–Kier alpha value is -5.23. The Kier molecular flexibility index (Phi) is 7.28. The Morgan fingerprint density at radius 3 is 2.28 bits per heavy atom. The van der Waals surface area contributed by atoms with Crippen LogP contribution in [0.25, 0.3) is 16.9 Å². The summed E-state index contributed by atoms with van der Waals surface area (Å²) in [5.41, 5.74) is 12.3. The molecular weight excluding hydrogens is 596 g/mol. The fraction of sp³-hybridized carbons (Fsp3) is 0.344. The number of aliphatic hydroxyl groups excluding tert-OH is 2. The van der Waals surface area contributed by atoms with Crippen molar-refractivity contribution < 1.29 is 39.2 Å². The lowest BCUT2D eigenvalue weighted by atomic mass is 9.47. The van der Waals surface area contributed by atoms with Gasteiger partial charge in [0, 0.05) is 32.3 Å². The van der Waals surface area contributed by atoms with Crippen LogP contribution >= 0.6 is 0 Å². The van der Waals surface area contributed by atoms with Crippen LogP contribution in [0.4, 0.5) is 5.69 Å². The second-order valence-electron chi connectivity index (χ2n) is 12.4. The lowest BCUT2D eigenvalue weighted by Gasteiger charge is -2.58. The SMILES string of the molecule is CC(=O)Oc1cccc(-c2cc(N(C)C)c3c(c2O)C(O)=C2C(=O)[C@]4(C#N)C(O)=C(C(N)=O)C(=O)[C@@H](N(C)C)[C@]4(N)C[C@]2(N)C3)c1. The molecule has 0 unspecified atom stereocenters. The van der Waals surface area contributed by atoms with Gasteiger partial charge in [-0.3, -0.25) is 24.1 Å². The maximum absolute atomic E-state index is 14.6. The van der Waals surface area contributed by atoms with Gasteiger partial charge in [0.2, 0.25) is 0 Å². The predicted molar refractivity (Wildman–Crippen MR) is 165 cm³/mol. The number of anilines is 1. The van der Waals surface area contributed by atoms with Crippen molar-refractivity contribution >= 4 is 34.9 Å². The molecule has 3 aliphatic carbocycles. The number of aromatic hydroxyl groups is 1. The molecule has 5 rings (SSSR count). The molecule has 2 aromatic rings. The summed E-state index contributed by atoms with van der Waals surface area (Å²) in [5.74, 6) is -6.39. The van der Waals surface area contributed by atoms with E-state index >= 15 is 0 Å². The standard InChI is InChI=1S/C32H34N6O8/c1-14(39)46-16-8-6-7-15(9-16)17-10-19(37(2)3)18-11-30(35)12-32(36)26(38(4)5)25(42)21(29(34)45)27(43)31(32,13-33)28(44)22(30)24(41)20(18)23(17)40/h6-10,26,40-41,43H,11-12,35-36H2,1-5H3,(H2,34,45)/t26-,30-,31+,32-/m1/s1. The van der Waals surface area contributed by atoms with Crippen molar-refractivity contribution in [2.45, 2.75) is 36.9 Å². The topological polar surface area (TPSA) is 247 Å². The molecule has 240 valence electrons. The number of aliphatic hydroxyl groups is 2. The van der Waals surface area contributed by atoms with E-state index in [2.05, 4.69) is 0 Å². The van der Waals surface area contributed by atoms with Crippen molar-refractivity contribution in [1.29, 1.82) is 5.26 Å². The van der Waals surface area contributed by atoms with Crippen LogP contribution in [-0.2, 0) is 25.6 Å². The minimum absolute atomic E-state index is 0.157. The van der Waals surface area contributed by atoms with Gasteiger partial charge in [-0.2, -0.15) is 5.26 Å². The lowest BCUT2D eigenvalue weighted by Crippen LogP contribution is -2.80. The molecule has 1 saturated carbocycles. The van der Waals surface area contributed by atoms with Crippen molar-refractivity contribution in [2.75, 3.05) is 33.1 Å². The molecule has 1 amide bonds. The molecule has 0 spiro atoms. The lowest BCUT2D eigenvalue weighted by molar-refractivity contribution is -0.139. The zero-order valence-corrected chi connectivity index (χ0v) is 25.8. The molecule has 3 aliphatic rings. The molecule has 46 heavy (non-hydrogen) atoms. The van der Waals surface area contributed by atoms with Gasteiger partial charge in [0.05, 0.1) is 34.3 Å². The summed E-state index contributed by atoms with van der Waals surface area (Å²) in [6.45, 7) is 1.24. The smallest absolute Gasteiger partial charge is 0.308 e. The van der Waals surface area contributed by atoms with Crippen LogP contribution in [0.3, 0.4) is 0 Å². The van der Waals surface area contributed by atoms with Gasteiger partial charge < -0.3 is 42.2 Å². The molecule has 0 heterocycles. The zero-order chi connectivity index (χ0) is 34.3. The number of rotatable bonds is 5. The number of fused-ring (bicyclic) bond motifs is 3. The van der Waals surface area contributed by atoms with Crippen LogP contribution in [0.1, 0.15) is 24.5 Å². The first kappa shape index (κ1) is 32.2. The molecule has 1 fully saturated rings. The highest BCUT2D eigenvalue weighted by atomic mass is 16.5. The zero-order valence-electron chi connectivity index (χ0n) is 25.8. The second-order valence-corrected chi connectivity index (χ2v) is 12.4. The van der Waals surface area contributed by atoms with Gasteiger partial charge in [0.25, 0.3) is 5.91 Å². The number of carbonyl (C=O) groups is 4. The Bertz CT molecular complexity index is 1870. The highest BCUT2D eigenvalue weighted by molar-refractivity contribution is 6.25. The number of phenolic OH excluding ortho intramolecular Hbond substituents is 1. The number of carbonyl (C=O) groups excluding carboxylic acids is 4. The molecule has 14 nitrogen and oxygen atoms in total. The van der Waals surface area contributed by atoms with Gasteiger partial charge in [-0.25, -0.2) is 0 Å². The number of benzene rings is 2. The molecule has 0 radical (unpaired) electrons. The number of amides is 1. The van der Waals surface area contributed by atoms with Crippen LogP contribution in [0, 0.1) is 16.7 Å². The third-order valence-electron chi connectivity index (χ3n) is 9.12. The van der Waals surface area contributed by atoms with Gasteiger partial charge in [0.1, 0.15) is 28.6 Å². The Labute approximate surface area is 263 Å². The van der Waals surface area contributed by atoms with Crippen LogP contribution < -0.4 is 26.8 Å². The summed E-state index contributed by atoms with van der Waals surface area (Å²) in [7, 11) is 6.34. The minimum atomic E-state index is -2.76. The molecule has 0 aromatic heterocycles. The highest BCUT2D eigenvalue weighted by Crippen LogP contribution is 2.59. The highest BCUT2D eigenvalue weighted by Gasteiger charge is 2.74. The fourth-order valence-electron chi connectivity index (χ4n) is 7.39. The number of phenols is 1. The van der Waals surface area contributed by atoms with E-state index in [1.807, 2.05) is 0 Å². The van der Waals surface area contributed by atoms with E-state index in [4.69, 9.17) is 21.9 Å². The third-order valence-corrected chi connectivity index (χ3v) is 9.12. The van der Waals surface area contributed by atoms with Crippen molar-refractivity contribution in [3.8, 4) is 28.7 Å². The average Bonchev–Trinajstić information content (AvgIpc) is 2.91. The van der Waals surface area contributed by atoms with Gasteiger partial charge in [-0.15, -0.1) is 0 Å². The summed E-state index contributed by atoms with van der Waals surface area (Å²) in [6.07, 6.45) is -0.674. The summed E-state index contributed by atoms with van der Waals surface area (Å²) < 4.78 is 5.20. The summed E-state index contributed by atoms with van der Waals surface area (Å²) in [5, 5.41) is 45.6. The van der Waals surface area contributed by atoms with E-state index < -0.39 is 80.8 Å². The summed E-state index contributed by atoms with van der Waals surface area (Å²) in [4.78, 5) is 55.2. The first-order valence-corrected chi connectivity index (χ1v) is 14.1. The van der Waals surface area contributed by atoms with Crippen molar-refractivity contribution in [1.82, 2.24) is 4.90 Å². The summed E-state index contributed by atoms with van der Waals surface area (Å²) in [6, 6.07) is 8.21. The van der Waals surface area contributed by atoms with Crippen LogP contribution in [0.5, 0.6) is 11.5 Å². The predicted octanol–water partition coefficient (Wildman–Crippen LogP) is 0.564. The number of primary amides is 1. The normalized spacial score (nSPS) is 27.1. The first-order valence-electron chi connectivity index (χ1n) is 14.1. The number of ketones is 2. The number of likely N-dealkylation sites (N-methyl/N-ethyl adjacent to an activating group) is 1. The fourth-order valence-corrected chi connectivity index (χ4v) is 7.39. The number of ether oxygens (including phenoxy) is 1. The number of nitrogens with zero attached hydrogens (tertiary/aromatic N) is 3. The van der Waals surface area contributed by atoms with Gasteiger partial charge in [-0.05, 0) is 56.3 Å². The Balaban J connectivity index is 1.85.